The van der Waals surface area contributed by atoms with E-state index in [4.69, 9.17) is 0 Å². The molecule has 0 radical (unpaired) electrons. The zero-order valence-electron chi connectivity index (χ0n) is 19.8. The molecule has 2 heterocycles. The Morgan fingerprint density at radius 3 is 2.46 bits per heavy atom. The number of rotatable bonds is 6. The van der Waals surface area contributed by atoms with Crippen LogP contribution in [0.15, 0.2) is 59.5 Å². The van der Waals surface area contributed by atoms with Gasteiger partial charge in [-0.3, -0.25) is 19.3 Å². The van der Waals surface area contributed by atoms with Gasteiger partial charge in [-0.2, -0.15) is 0 Å². The van der Waals surface area contributed by atoms with E-state index in [1.165, 1.54) is 18.2 Å². The van der Waals surface area contributed by atoms with Gasteiger partial charge in [-0.25, -0.2) is 4.39 Å². The number of aryl methyl sites for hydroxylation is 1. The van der Waals surface area contributed by atoms with Gasteiger partial charge in [0.25, 0.3) is 11.1 Å². The SMILES string of the molecule is Cc1cc(/C=C2/SC(=O)N(CC(=O)Nc3cccc(F)c3)C2=O)c(C)n1-c1ccc(N(C)C)cc1. The molecule has 1 aromatic heterocycles. The van der Waals surface area contributed by atoms with E-state index in [9.17, 15) is 18.8 Å². The zero-order valence-corrected chi connectivity index (χ0v) is 20.6. The van der Waals surface area contributed by atoms with Crippen molar-refractivity contribution in [2.45, 2.75) is 13.8 Å². The Bertz CT molecular complexity index is 1350. The fourth-order valence-corrected chi connectivity index (χ4v) is 4.75. The van der Waals surface area contributed by atoms with Crippen LogP contribution in [-0.2, 0) is 9.59 Å². The number of amides is 3. The highest BCUT2D eigenvalue weighted by Crippen LogP contribution is 2.34. The fraction of sp³-hybridized carbons (Fsp3) is 0.192. The first-order chi connectivity index (χ1) is 16.6. The average Bonchev–Trinajstić information content (AvgIpc) is 3.23. The Labute approximate surface area is 207 Å². The summed E-state index contributed by atoms with van der Waals surface area (Å²) in [6.45, 7) is 3.48. The molecule has 1 aliphatic rings. The van der Waals surface area contributed by atoms with E-state index in [0.29, 0.717) is 0 Å². The molecule has 0 atom stereocenters. The van der Waals surface area contributed by atoms with Crippen LogP contribution in [0.5, 0.6) is 0 Å². The summed E-state index contributed by atoms with van der Waals surface area (Å²) < 4.78 is 15.4. The van der Waals surface area contributed by atoms with Crippen molar-refractivity contribution in [3.8, 4) is 5.69 Å². The van der Waals surface area contributed by atoms with E-state index in [1.807, 2.05) is 63.2 Å². The molecule has 1 aliphatic heterocycles. The molecule has 7 nitrogen and oxygen atoms in total. The summed E-state index contributed by atoms with van der Waals surface area (Å²) in [6, 6.07) is 15.5. The van der Waals surface area contributed by atoms with E-state index in [0.717, 1.165) is 51.1 Å². The summed E-state index contributed by atoms with van der Waals surface area (Å²) in [6.07, 6.45) is 1.68. The third-order valence-electron chi connectivity index (χ3n) is 5.66. The summed E-state index contributed by atoms with van der Waals surface area (Å²) in [7, 11) is 3.97. The molecule has 0 unspecified atom stereocenters. The number of nitrogens with one attached hydrogen (secondary N) is 1. The normalized spacial score (nSPS) is 14.7. The molecule has 1 saturated heterocycles. The molecule has 2 aromatic carbocycles. The van der Waals surface area contributed by atoms with Gasteiger partial charge in [-0.05, 0) is 85.8 Å². The van der Waals surface area contributed by atoms with Gasteiger partial charge in [0.15, 0.2) is 0 Å². The van der Waals surface area contributed by atoms with Gasteiger partial charge in [0, 0.05) is 42.5 Å². The summed E-state index contributed by atoms with van der Waals surface area (Å²) in [5.41, 5.74) is 5.06. The minimum absolute atomic E-state index is 0.247. The van der Waals surface area contributed by atoms with Crippen molar-refractivity contribution in [3.05, 3.63) is 82.3 Å². The second-order valence-electron chi connectivity index (χ2n) is 8.40. The van der Waals surface area contributed by atoms with Crippen LogP contribution in [0, 0.1) is 19.7 Å². The summed E-state index contributed by atoms with van der Waals surface area (Å²) in [5.74, 6) is -1.61. The molecule has 35 heavy (non-hydrogen) atoms. The highest BCUT2D eigenvalue weighted by atomic mass is 32.2. The lowest BCUT2D eigenvalue weighted by Crippen LogP contribution is -2.36. The first-order valence-electron chi connectivity index (χ1n) is 10.9. The molecule has 0 bridgehead atoms. The Morgan fingerprint density at radius 2 is 1.80 bits per heavy atom. The smallest absolute Gasteiger partial charge is 0.294 e. The zero-order chi connectivity index (χ0) is 25.3. The first-order valence-corrected chi connectivity index (χ1v) is 11.7. The van der Waals surface area contributed by atoms with Gasteiger partial charge in [-0.15, -0.1) is 0 Å². The van der Waals surface area contributed by atoms with Crippen molar-refractivity contribution in [1.29, 1.82) is 0 Å². The minimum Gasteiger partial charge on any atom is -0.378 e. The molecule has 180 valence electrons. The van der Waals surface area contributed by atoms with Crippen molar-refractivity contribution >= 4 is 46.3 Å². The maximum absolute atomic E-state index is 13.3. The molecular weight excluding hydrogens is 467 g/mol. The van der Waals surface area contributed by atoms with Gasteiger partial charge in [0.1, 0.15) is 12.4 Å². The number of anilines is 2. The first kappa shape index (κ1) is 24.3. The van der Waals surface area contributed by atoms with Crippen LogP contribution in [0.3, 0.4) is 0 Å². The van der Waals surface area contributed by atoms with Gasteiger partial charge >= 0.3 is 0 Å². The second kappa shape index (κ2) is 9.79. The largest absolute Gasteiger partial charge is 0.378 e. The van der Waals surface area contributed by atoms with Gasteiger partial charge in [0.2, 0.25) is 5.91 Å². The van der Waals surface area contributed by atoms with Crippen LogP contribution in [0.25, 0.3) is 11.8 Å². The van der Waals surface area contributed by atoms with Crippen LogP contribution in [-0.4, -0.2) is 47.2 Å². The Morgan fingerprint density at radius 1 is 1.09 bits per heavy atom. The third-order valence-corrected chi connectivity index (χ3v) is 6.57. The number of benzene rings is 2. The number of nitrogens with zero attached hydrogens (tertiary/aromatic N) is 3. The third kappa shape index (κ3) is 5.14. The topological polar surface area (TPSA) is 74.6 Å². The fourth-order valence-electron chi connectivity index (χ4n) is 3.92. The predicted molar refractivity (Wildman–Crippen MR) is 137 cm³/mol. The minimum atomic E-state index is -0.585. The predicted octanol–water partition coefficient (Wildman–Crippen LogP) is 4.97. The molecule has 0 saturated carbocycles. The van der Waals surface area contributed by atoms with Crippen LogP contribution < -0.4 is 10.2 Å². The lowest BCUT2D eigenvalue weighted by Gasteiger charge is -2.15. The molecule has 0 spiro atoms. The van der Waals surface area contributed by atoms with Crippen LogP contribution in [0.4, 0.5) is 20.6 Å². The van der Waals surface area contributed by atoms with Gasteiger partial charge < -0.3 is 14.8 Å². The average molecular weight is 493 g/mol. The molecule has 3 amide bonds. The molecule has 0 aliphatic carbocycles. The number of carbonyl (C=O) groups excluding carboxylic acids is 3. The molecule has 9 heteroatoms. The van der Waals surface area contributed by atoms with Crippen molar-refractivity contribution in [3.63, 3.8) is 0 Å². The molecule has 3 aromatic rings. The summed E-state index contributed by atoms with van der Waals surface area (Å²) in [4.78, 5) is 40.9. The van der Waals surface area contributed by atoms with Crippen LogP contribution in [0.1, 0.15) is 17.0 Å². The van der Waals surface area contributed by atoms with Crippen molar-refractivity contribution in [2.75, 3.05) is 30.9 Å². The van der Waals surface area contributed by atoms with E-state index < -0.39 is 29.4 Å². The summed E-state index contributed by atoms with van der Waals surface area (Å²) in [5, 5.41) is 1.98. The van der Waals surface area contributed by atoms with E-state index in [1.54, 1.807) is 6.08 Å². The molecule has 1 N–H and O–H groups in total. The highest BCUT2D eigenvalue weighted by Gasteiger charge is 2.36. The number of aromatic nitrogens is 1. The maximum atomic E-state index is 13.3. The van der Waals surface area contributed by atoms with Gasteiger partial charge in [0.05, 0.1) is 4.91 Å². The van der Waals surface area contributed by atoms with Crippen molar-refractivity contribution in [1.82, 2.24) is 9.47 Å². The van der Waals surface area contributed by atoms with E-state index in [-0.39, 0.29) is 10.6 Å². The highest BCUT2D eigenvalue weighted by molar-refractivity contribution is 8.18. The molecular formula is C26H25FN4O3S. The Kier molecular flexibility index (Phi) is 6.79. The Balaban J connectivity index is 1.52. The maximum Gasteiger partial charge on any atom is 0.294 e. The molecule has 4 rings (SSSR count). The second-order valence-corrected chi connectivity index (χ2v) is 9.39. The lowest BCUT2D eigenvalue weighted by molar-refractivity contribution is -0.127. The number of thioether (sulfide) groups is 1. The van der Waals surface area contributed by atoms with Gasteiger partial charge in [-0.1, -0.05) is 6.07 Å². The number of hydrogen-bond donors (Lipinski definition) is 1. The number of carbonyl (C=O) groups is 3. The van der Waals surface area contributed by atoms with Crippen LogP contribution in [0.2, 0.25) is 0 Å². The van der Waals surface area contributed by atoms with E-state index >= 15 is 0 Å². The number of imide groups is 1. The standard InChI is InChI=1S/C26H25FN4O3S/c1-16-12-18(17(2)31(16)22-10-8-21(9-11-22)29(3)4)13-23-25(33)30(26(34)35-23)15-24(32)28-20-7-5-6-19(27)14-20/h5-14H,15H2,1-4H3,(H,28,32)/b23-13+. The van der Waals surface area contributed by atoms with Crippen LogP contribution >= 0.6 is 11.8 Å². The number of halogens is 1. The molecule has 1 fully saturated rings. The van der Waals surface area contributed by atoms with E-state index in [2.05, 4.69) is 9.88 Å². The Hall–Kier alpha value is -3.85. The lowest BCUT2D eigenvalue weighted by atomic mass is 10.2. The van der Waals surface area contributed by atoms with Crippen molar-refractivity contribution in [2.24, 2.45) is 0 Å². The van der Waals surface area contributed by atoms with Crippen molar-refractivity contribution < 1.29 is 18.8 Å². The monoisotopic (exact) mass is 492 g/mol. The summed E-state index contributed by atoms with van der Waals surface area (Å²) >= 11 is 0.796. The number of hydrogen-bond acceptors (Lipinski definition) is 5. The quantitative estimate of drug-likeness (QED) is 0.492.